The average molecular weight is 605 g/mol. The van der Waals surface area contributed by atoms with Crippen molar-refractivity contribution in [1.29, 1.82) is 0 Å². The van der Waals surface area contributed by atoms with Crippen molar-refractivity contribution in [2.24, 2.45) is 0 Å². The molecular weight excluding hydrogens is 569 g/mol. The smallest absolute Gasteiger partial charge is 0.143 e. The highest BCUT2D eigenvalue weighted by atomic mass is 16.3. The molecule has 1 heterocycles. The van der Waals surface area contributed by atoms with E-state index in [9.17, 15) is 5.48 Å². The lowest BCUT2D eigenvalue weighted by Gasteiger charge is -2.19. The molecule has 0 saturated heterocycles. The highest BCUT2D eigenvalue weighted by Gasteiger charge is 2.20. The van der Waals surface area contributed by atoms with Gasteiger partial charge >= 0.3 is 0 Å². The van der Waals surface area contributed by atoms with Gasteiger partial charge in [-0.3, -0.25) is 0 Å². The first-order chi connectivity index (χ1) is 26.6. The number of fused-ring (bicyclic) bond motifs is 8. The topological polar surface area (TPSA) is 13.1 Å². The molecule has 0 saturated carbocycles. The molecule has 0 amide bonds. The summed E-state index contributed by atoms with van der Waals surface area (Å²) in [7, 11) is 0. The van der Waals surface area contributed by atoms with Crippen molar-refractivity contribution in [3.63, 3.8) is 0 Å². The molecule has 9 aromatic carbocycles. The zero-order valence-electron chi connectivity index (χ0n) is 33.0. The lowest BCUT2D eigenvalue weighted by atomic mass is 9.83. The summed E-state index contributed by atoms with van der Waals surface area (Å²) < 4.78 is 79.9. The van der Waals surface area contributed by atoms with Gasteiger partial charge in [0.25, 0.3) is 0 Å². The summed E-state index contributed by atoms with van der Waals surface area (Å²) in [5.41, 5.74) is 4.86. The average Bonchev–Trinajstić information content (AvgIpc) is 3.61. The molecule has 0 bridgehead atoms. The third-order valence-corrected chi connectivity index (χ3v) is 9.26. The van der Waals surface area contributed by atoms with E-state index in [0.717, 1.165) is 43.4 Å². The molecular formula is C46H28O. The Labute approximate surface area is 283 Å². The van der Waals surface area contributed by atoms with Crippen molar-refractivity contribution in [2.75, 3.05) is 0 Å². The molecule has 10 rings (SSSR count). The van der Waals surface area contributed by atoms with Crippen LogP contribution in [0.1, 0.15) is 11.0 Å². The predicted octanol–water partition coefficient (Wildman–Crippen LogP) is 13.2. The summed E-state index contributed by atoms with van der Waals surface area (Å²) in [6, 6.07) is 36.1. The quantitative estimate of drug-likeness (QED) is 0.183. The Balaban J connectivity index is 1.44. The molecule has 0 aliphatic carbocycles. The minimum absolute atomic E-state index is 0.172. The van der Waals surface area contributed by atoms with Gasteiger partial charge in [0.1, 0.15) is 11.2 Å². The molecule has 0 atom stereocenters. The fraction of sp³-hybridized carbons (Fsp3) is 0. The van der Waals surface area contributed by atoms with Gasteiger partial charge < -0.3 is 4.42 Å². The predicted molar refractivity (Wildman–Crippen MR) is 200 cm³/mol. The zero-order valence-corrected chi connectivity index (χ0v) is 25.0. The van der Waals surface area contributed by atoms with E-state index in [4.69, 9.17) is 9.90 Å². The van der Waals surface area contributed by atoms with Crippen LogP contribution in [0.2, 0.25) is 0 Å². The van der Waals surface area contributed by atoms with Crippen LogP contribution in [0.25, 0.3) is 98.4 Å². The maximum Gasteiger partial charge on any atom is 0.143 e. The molecule has 218 valence electrons. The first kappa shape index (κ1) is 19.4. The van der Waals surface area contributed by atoms with Crippen LogP contribution in [0, 0.1) is 0 Å². The summed E-state index contributed by atoms with van der Waals surface area (Å²) in [4.78, 5) is 0. The first-order valence-corrected chi connectivity index (χ1v) is 15.5. The van der Waals surface area contributed by atoms with Gasteiger partial charge in [0.2, 0.25) is 0 Å². The van der Waals surface area contributed by atoms with Crippen LogP contribution in [0.15, 0.2) is 174 Å². The van der Waals surface area contributed by atoms with E-state index in [0.29, 0.717) is 33.4 Å². The molecule has 0 spiro atoms. The fourth-order valence-electron chi connectivity index (χ4n) is 7.16. The van der Waals surface area contributed by atoms with Crippen molar-refractivity contribution in [1.82, 2.24) is 0 Å². The lowest BCUT2D eigenvalue weighted by molar-refractivity contribution is 0.672. The second-order valence-corrected chi connectivity index (χ2v) is 11.8. The van der Waals surface area contributed by atoms with E-state index < -0.39 is 24.2 Å². The minimum atomic E-state index is -0.436. The summed E-state index contributed by atoms with van der Waals surface area (Å²) in [5.74, 6) is 0. The third-order valence-electron chi connectivity index (χ3n) is 9.26. The van der Waals surface area contributed by atoms with E-state index in [1.165, 1.54) is 0 Å². The fourth-order valence-corrected chi connectivity index (χ4v) is 7.16. The van der Waals surface area contributed by atoms with E-state index >= 15 is 0 Å². The van der Waals surface area contributed by atoms with Crippen molar-refractivity contribution in [3.05, 3.63) is 170 Å². The van der Waals surface area contributed by atoms with Crippen LogP contribution < -0.4 is 0 Å². The number of furan rings is 1. The first-order valence-electron chi connectivity index (χ1n) is 19.5. The van der Waals surface area contributed by atoms with Gasteiger partial charge in [-0.05, 0) is 101 Å². The van der Waals surface area contributed by atoms with E-state index in [1.54, 1.807) is 6.07 Å². The molecule has 0 aliphatic heterocycles. The molecule has 47 heavy (non-hydrogen) atoms. The molecule has 0 fully saturated rings. The van der Waals surface area contributed by atoms with Gasteiger partial charge in [0, 0.05) is 16.2 Å². The van der Waals surface area contributed by atoms with E-state index in [1.807, 2.05) is 109 Å². The maximum absolute atomic E-state index is 9.49. The molecule has 1 aromatic heterocycles. The normalized spacial score (nSPS) is 14.2. The van der Waals surface area contributed by atoms with Crippen LogP contribution in [0.4, 0.5) is 0 Å². The van der Waals surface area contributed by atoms with Gasteiger partial charge in [0.15, 0.2) is 0 Å². The molecule has 0 radical (unpaired) electrons. The monoisotopic (exact) mass is 604 g/mol. The Morgan fingerprint density at radius 2 is 1.02 bits per heavy atom. The summed E-state index contributed by atoms with van der Waals surface area (Å²) in [6.45, 7) is 0. The van der Waals surface area contributed by atoms with Crippen molar-refractivity contribution >= 4 is 65.0 Å². The standard InChI is InChI=1S/C46H28O/c1-2-12-29(13-3-1)33-26-31-15-5-6-16-34(31)42(28-33)45-38-20-10-8-18-36(38)44(37-19-9-11-21-39(37)45)32-23-25-43-41(27-32)40-24-22-30-14-4-7-17-35(30)46(40)47-43/h1-28H/i8D,9D,10D,11D,18D,19D,20D,21D. The Morgan fingerprint density at radius 1 is 0.383 bits per heavy atom. The Bertz CT molecular complexity index is 3220. The number of benzene rings is 9. The SMILES string of the molecule is [2H]c1c([2H])c([2H])c2c(-c3cc(-c4ccccc4)cc4ccccc34)c3c([2H])c([2H])c([2H])c([2H])c3c(-c3ccc4oc5c6ccccc6ccc5c4c3)c2c1[2H]. The summed E-state index contributed by atoms with van der Waals surface area (Å²) in [6.07, 6.45) is 0. The van der Waals surface area contributed by atoms with Gasteiger partial charge in [-0.1, -0.05) is 139 Å². The largest absolute Gasteiger partial charge is 0.455 e. The molecule has 0 aliphatic rings. The van der Waals surface area contributed by atoms with Crippen molar-refractivity contribution in [3.8, 4) is 33.4 Å². The second kappa shape index (κ2) is 10.2. The molecule has 0 unspecified atom stereocenters. The van der Waals surface area contributed by atoms with Crippen molar-refractivity contribution < 1.29 is 15.4 Å². The second-order valence-electron chi connectivity index (χ2n) is 11.8. The number of hydrogen-bond donors (Lipinski definition) is 0. The Kier molecular flexibility index (Phi) is 4.19. The zero-order chi connectivity index (χ0) is 37.9. The van der Waals surface area contributed by atoms with Crippen LogP contribution >= 0.6 is 0 Å². The Hall–Kier alpha value is -6.18. The Morgan fingerprint density at radius 3 is 1.77 bits per heavy atom. The van der Waals surface area contributed by atoms with Crippen LogP contribution in [0.3, 0.4) is 0 Å². The van der Waals surface area contributed by atoms with Gasteiger partial charge in [0.05, 0.1) is 11.0 Å². The van der Waals surface area contributed by atoms with E-state index in [2.05, 4.69) is 6.07 Å². The minimum Gasteiger partial charge on any atom is -0.455 e. The number of rotatable bonds is 3. The maximum atomic E-state index is 9.49. The number of hydrogen-bond acceptors (Lipinski definition) is 1. The highest BCUT2D eigenvalue weighted by molar-refractivity contribution is 6.24. The molecule has 1 heteroatoms. The lowest BCUT2D eigenvalue weighted by Crippen LogP contribution is -1.92. The van der Waals surface area contributed by atoms with Crippen LogP contribution in [0.5, 0.6) is 0 Å². The van der Waals surface area contributed by atoms with Crippen LogP contribution in [-0.2, 0) is 0 Å². The van der Waals surface area contributed by atoms with Gasteiger partial charge in [-0.15, -0.1) is 0 Å². The van der Waals surface area contributed by atoms with Crippen LogP contribution in [-0.4, -0.2) is 0 Å². The highest BCUT2D eigenvalue weighted by Crippen LogP contribution is 2.47. The summed E-state index contributed by atoms with van der Waals surface area (Å²) >= 11 is 0. The molecule has 0 N–H and O–H groups in total. The van der Waals surface area contributed by atoms with Crippen molar-refractivity contribution in [2.45, 2.75) is 0 Å². The van der Waals surface area contributed by atoms with Gasteiger partial charge in [-0.2, -0.15) is 0 Å². The third kappa shape index (κ3) is 3.97. The van der Waals surface area contributed by atoms with E-state index in [-0.39, 0.29) is 45.7 Å². The van der Waals surface area contributed by atoms with Gasteiger partial charge in [-0.25, -0.2) is 0 Å². The molecule has 1 nitrogen and oxygen atoms in total. The molecule has 10 aromatic rings. The summed E-state index contributed by atoms with van der Waals surface area (Å²) in [5, 5.41) is 5.95.